The maximum atomic E-state index is 12.7. The van der Waals surface area contributed by atoms with E-state index in [4.69, 9.17) is 0 Å². The number of amides is 2. The van der Waals surface area contributed by atoms with Crippen LogP contribution in [-0.2, 0) is 16.0 Å². The van der Waals surface area contributed by atoms with E-state index in [1.54, 1.807) is 9.80 Å². The lowest BCUT2D eigenvalue weighted by Crippen LogP contribution is -2.48. The van der Waals surface area contributed by atoms with Gasteiger partial charge in [0.2, 0.25) is 0 Å². The molecule has 1 aromatic heterocycles. The highest BCUT2D eigenvalue weighted by Crippen LogP contribution is 2.30. The van der Waals surface area contributed by atoms with Gasteiger partial charge < -0.3 is 9.80 Å². The molecule has 1 N–H and O–H groups in total. The van der Waals surface area contributed by atoms with Crippen molar-refractivity contribution in [2.24, 2.45) is 0 Å². The second kappa shape index (κ2) is 9.25. The Labute approximate surface area is 172 Å². The summed E-state index contributed by atoms with van der Waals surface area (Å²) in [6.45, 7) is 2.70. The van der Waals surface area contributed by atoms with Gasteiger partial charge in [-0.2, -0.15) is 5.10 Å². The molecule has 154 valence electrons. The van der Waals surface area contributed by atoms with Crippen LogP contribution in [0.2, 0.25) is 0 Å². The van der Waals surface area contributed by atoms with Gasteiger partial charge >= 0.3 is 11.8 Å². The Morgan fingerprint density at radius 2 is 1.52 bits per heavy atom. The molecule has 2 aliphatic heterocycles. The number of carbonyl (C=O) groups is 2. The SMILES string of the molecule is O=C(C(=O)N1CCC(c2[nH]ncc2Cc2ccccc2)CC1)N1CCCCCC1. The van der Waals surface area contributed by atoms with Crippen LogP contribution in [0.1, 0.15) is 61.3 Å². The van der Waals surface area contributed by atoms with Gasteiger partial charge in [0.05, 0.1) is 6.20 Å². The van der Waals surface area contributed by atoms with Crippen LogP contribution in [0.3, 0.4) is 0 Å². The quantitative estimate of drug-likeness (QED) is 0.814. The molecule has 29 heavy (non-hydrogen) atoms. The van der Waals surface area contributed by atoms with Crippen molar-refractivity contribution in [2.45, 2.75) is 50.9 Å². The third kappa shape index (κ3) is 4.69. The summed E-state index contributed by atoms with van der Waals surface area (Å²) in [5.74, 6) is -0.273. The summed E-state index contributed by atoms with van der Waals surface area (Å²) in [4.78, 5) is 28.9. The molecule has 2 aromatic rings. The number of nitrogens with zero attached hydrogens (tertiary/aromatic N) is 3. The number of aromatic nitrogens is 2. The van der Waals surface area contributed by atoms with E-state index in [9.17, 15) is 9.59 Å². The molecule has 2 amide bonds. The van der Waals surface area contributed by atoms with Gasteiger partial charge in [0, 0.05) is 44.2 Å². The fourth-order valence-corrected chi connectivity index (χ4v) is 4.55. The summed E-state index contributed by atoms with van der Waals surface area (Å²) in [6.07, 6.45) is 8.82. The Balaban J connectivity index is 1.34. The highest BCUT2D eigenvalue weighted by atomic mass is 16.2. The van der Waals surface area contributed by atoms with Crippen LogP contribution in [0.4, 0.5) is 0 Å². The normalized spacial score (nSPS) is 18.5. The summed E-state index contributed by atoms with van der Waals surface area (Å²) >= 11 is 0. The fraction of sp³-hybridized carbons (Fsp3) is 0.522. The lowest BCUT2D eigenvalue weighted by molar-refractivity contribution is -0.152. The van der Waals surface area contributed by atoms with Crippen LogP contribution in [0.5, 0.6) is 0 Å². The molecular weight excluding hydrogens is 364 g/mol. The monoisotopic (exact) mass is 394 g/mol. The average molecular weight is 395 g/mol. The molecule has 2 aliphatic rings. The number of hydrogen-bond acceptors (Lipinski definition) is 3. The standard InChI is InChI=1S/C23H30N4O2/c28-22(26-12-6-1-2-7-13-26)23(29)27-14-10-19(11-15-27)21-20(17-24-25-21)16-18-8-4-3-5-9-18/h3-5,8-9,17,19H,1-2,6-7,10-16H2,(H,24,25). The third-order valence-corrected chi connectivity index (χ3v) is 6.26. The molecule has 2 fully saturated rings. The van der Waals surface area contributed by atoms with E-state index in [2.05, 4.69) is 34.5 Å². The van der Waals surface area contributed by atoms with Gasteiger partial charge in [-0.1, -0.05) is 43.2 Å². The summed E-state index contributed by atoms with van der Waals surface area (Å²) in [6, 6.07) is 10.4. The summed E-state index contributed by atoms with van der Waals surface area (Å²) < 4.78 is 0. The molecule has 6 heteroatoms. The van der Waals surface area contributed by atoms with Gasteiger partial charge in [0.1, 0.15) is 0 Å². The first-order valence-corrected chi connectivity index (χ1v) is 10.9. The summed E-state index contributed by atoms with van der Waals surface area (Å²) in [7, 11) is 0. The highest BCUT2D eigenvalue weighted by molar-refractivity contribution is 6.34. The van der Waals surface area contributed by atoms with Crippen molar-refractivity contribution >= 4 is 11.8 Å². The molecule has 0 aliphatic carbocycles. The predicted octanol–water partition coefficient (Wildman–Crippen LogP) is 3.11. The van der Waals surface area contributed by atoms with E-state index in [0.717, 1.165) is 58.0 Å². The number of likely N-dealkylation sites (tertiary alicyclic amines) is 2. The van der Waals surface area contributed by atoms with Gasteiger partial charge in [0.15, 0.2) is 0 Å². The summed E-state index contributed by atoms with van der Waals surface area (Å²) in [5.41, 5.74) is 3.67. The number of hydrogen-bond donors (Lipinski definition) is 1. The summed E-state index contributed by atoms with van der Waals surface area (Å²) in [5, 5.41) is 7.47. The minimum Gasteiger partial charge on any atom is -0.334 e. The number of H-pyrrole nitrogens is 1. The molecule has 2 saturated heterocycles. The largest absolute Gasteiger partial charge is 0.334 e. The zero-order chi connectivity index (χ0) is 20.1. The van der Waals surface area contributed by atoms with E-state index in [0.29, 0.717) is 19.0 Å². The van der Waals surface area contributed by atoms with Gasteiger partial charge in [-0.25, -0.2) is 0 Å². The van der Waals surface area contributed by atoms with E-state index in [1.165, 1.54) is 16.8 Å². The average Bonchev–Trinajstić information content (AvgIpc) is 3.05. The Bertz CT molecular complexity index is 816. The van der Waals surface area contributed by atoms with E-state index in [1.807, 2.05) is 12.3 Å². The molecule has 0 spiro atoms. The molecule has 1 aromatic carbocycles. The van der Waals surface area contributed by atoms with Crippen LogP contribution < -0.4 is 0 Å². The third-order valence-electron chi connectivity index (χ3n) is 6.26. The number of carbonyl (C=O) groups excluding carboxylic acids is 2. The van der Waals surface area contributed by atoms with Crippen molar-refractivity contribution in [3.05, 3.63) is 53.3 Å². The molecule has 0 atom stereocenters. The topological polar surface area (TPSA) is 69.3 Å². The Kier molecular flexibility index (Phi) is 6.27. The smallest absolute Gasteiger partial charge is 0.312 e. The van der Waals surface area contributed by atoms with Gasteiger partial charge in [-0.15, -0.1) is 0 Å². The van der Waals surface area contributed by atoms with Crippen molar-refractivity contribution in [1.29, 1.82) is 0 Å². The van der Waals surface area contributed by atoms with Gasteiger partial charge in [-0.3, -0.25) is 14.7 Å². The zero-order valence-corrected chi connectivity index (χ0v) is 17.0. The van der Waals surface area contributed by atoms with E-state index < -0.39 is 0 Å². The zero-order valence-electron chi connectivity index (χ0n) is 17.0. The maximum absolute atomic E-state index is 12.7. The van der Waals surface area contributed by atoms with Crippen molar-refractivity contribution < 1.29 is 9.59 Å². The Morgan fingerprint density at radius 1 is 0.897 bits per heavy atom. The molecule has 3 heterocycles. The first kappa shape index (κ1) is 19.7. The Morgan fingerprint density at radius 3 is 2.17 bits per heavy atom. The van der Waals surface area contributed by atoms with Crippen LogP contribution in [0.15, 0.2) is 36.5 Å². The molecule has 6 nitrogen and oxygen atoms in total. The van der Waals surface area contributed by atoms with Crippen molar-refractivity contribution in [3.8, 4) is 0 Å². The number of aromatic amines is 1. The van der Waals surface area contributed by atoms with Gasteiger partial charge in [-0.05, 0) is 36.8 Å². The molecule has 4 rings (SSSR count). The van der Waals surface area contributed by atoms with Crippen LogP contribution in [0, 0.1) is 0 Å². The number of rotatable bonds is 3. The molecular formula is C23H30N4O2. The fourth-order valence-electron chi connectivity index (χ4n) is 4.55. The second-order valence-corrected chi connectivity index (χ2v) is 8.24. The van der Waals surface area contributed by atoms with Crippen molar-refractivity contribution in [2.75, 3.05) is 26.2 Å². The number of piperidine rings is 1. The lowest BCUT2D eigenvalue weighted by atomic mass is 9.89. The van der Waals surface area contributed by atoms with Crippen molar-refractivity contribution in [3.63, 3.8) is 0 Å². The second-order valence-electron chi connectivity index (χ2n) is 8.24. The van der Waals surface area contributed by atoms with E-state index in [-0.39, 0.29) is 11.8 Å². The minimum atomic E-state index is -0.320. The maximum Gasteiger partial charge on any atom is 0.312 e. The molecule has 0 bridgehead atoms. The first-order valence-electron chi connectivity index (χ1n) is 10.9. The number of benzene rings is 1. The minimum absolute atomic E-state index is 0.309. The van der Waals surface area contributed by atoms with Crippen LogP contribution in [-0.4, -0.2) is 58.0 Å². The van der Waals surface area contributed by atoms with E-state index >= 15 is 0 Å². The van der Waals surface area contributed by atoms with Crippen LogP contribution in [0.25, 0.3) is 0 Å². The molecule has 0 saturated carbocycles. The lowest BCUT2D eigenvalue weighted by Gasteiger charge is -2.33. The first-order chi connectivity index (χ1) is 14.2. The van der Waals surface area contributed by atoms with Gasteiger partial charge in [0.25, 0.3) is 0 Å². The van der Waals surface area contributed by atoms with Crippen molar-refractivity contribution in [1.82, 2.24) is 20.0 Å². The predicted molar refractivity (Wildman–Crippen MR) is 111 cm³/mol. The highest BCUT2D eigenvalue weighted by Gasteiger charge is 2.31. The Hall–Kier alpha value is -2.63. The molecule has 0 unspecified atom stereocenters. The number of nitrogens with one attached hydrogen (secondary N) is 1. The molecule has 0 radical (unpaired) electrons. The van der Waals surface area contributed by atoms with Crippen LogP contribution >= 0.6 is 0 Å².